The van der Waals surface area contributed by atoms with E-state index in [4.69, 9.17) is 16.0 Å². The van der Waals surface area contributed by atoms with Crippen molar-refractivity contribution in [3.8, 4) is 5.75 Å². The molecule has 1 nitrogen and oxygen atoms in total. The zero-order chi connectivity index (χ0) is 18.5. The van der Waals surface area contributed by atoms with Gasteiger partial charge in [0.1, 0.15) is 5.75 Å². The lowest BCUT2D eigenvalue weighted by Crippen LogP contribution is -2.71. The number of hydrogen-bond donors (Lipinski definition) is 0. The topological polar surface area (TPSA) is 9.23 Å². The standard InChI is InChI=1S/C24H19ClOSi/c25-23-18-10-11-19-24(23)26-27(20-12-4-1-5-13-20,21-14-6-2-7-15-21)22-16-8-3-9-17-22/h1-19H. The van der Waals surface area contributed by atoms with Crippen molar-refractivity contribution < 1.29 is 4.43 Å². The summed E-state index contributed by atoms with van der Waals surface area (Å²) in [6.45, 7) is 0. The van der Waals surface area contributed by atoms with Crippen LogP contribution in [0.1, 0.15) is 0 Å². The van der Waals surface area contributed by atoms with E-state index in [2.05, 4.69) is 72.8 Å². The van der Waals surface area contributed by atoms with Crippen molar-refractivity contribution >= 4 is 35.5 Å². The van der Waals surface area contributed by atoms with Crippen LogP contribution in [-0.2, 0) is 0 Å². The number of halogens is 1. The Labute approximate surface area is 166 Å². The van der Waals surface area contributed by atoms with Gasteiger partial charge in [-0.15, -0.1) is 0 Å². The van der Waals surface area contributed by atoms with Crippen LogP contribution in [0.2, 0.25) is 5.02 Å². The molecular formula is C24H19ClOSi. The first kappa shape index (κ1) is 17.6. The van der Waals surface area contributed by atoms with E-state index in [-0.39, 0.29) is 0 Å². The molecule has 0 saturated carbocycles. The quantitative estimate of drug-likeness (QED) is 0.365. The Morgan fingerprint density at radius 2 is 0.852 bits per heavy atom. The molecule has 0 N–H and O–H groups in total. The van der Waals surface area contributed by atoms with Crippen LogP contribution in [0.25, 0.3) is 0 Å². The normalized spacial score (nSPS) is 11.1. The summed E-state index contributed by atoms with van der Waals surface area (Å²) in [6, 6.07) is 39.2. The van der Waals surface area contributed by atoms with Gasteiger partial charge in [0, 0.05) is 0 Å². The Balaban J connectivity index is 2.02. The molecule has 0 aliphatic heterocycles. The van der Waals surface area contributed by atoms with Crippen LogP contribution in [0.15, 0.2) is 115 Å². The molecule has 0 radical (unpaired) electrons. The summed E-state index contributed by atoms with van der Waals surface area (Å²) >= 11 is 6.49. The highest BCUT2D eigenvalue weighted by Gasteiger charge is 2.44. The maximum Gasteiger partial charge on any atom is 0.346 e. The van der Waals surface area contributed by atoms with Crippen molar-refractivity contribution in [1.29, 1.82) is 0 Å². The molecule has 4 aromatic carbocycles. The van der Waals surface area contributed by atoms with Gasteiger partial charge in [0.05, 0.1) is 5.02 Å². The SMILES string of the molecule is Clc1ccccc1O[Si](c1ccccc1)(c1ccccc1)c1ccccc1. The molecule has 0 heterocycles. The van der Waals surface area contributed by atoms with Crippen LogP contribution in [-0.4, -0.2) is 8.32 Å². The Morgan fingerprint density at radius 1 is 0.481 bits per heavy atom. The smallest absolute Gasteiger partial charge is 0.346 e. The van der Waals surface area contributed by atoms with Crippen molar-refractivity contribution in [2.45, 2.75) is 0 Å². The second-order valence-electron chi connectivity index (χ2n) is 6.31. The fourth-order valence-corrected chi connectivity index (χ4v) is 7.47. The molecular weight excluding hydrogens is 368 g/mol. The maximum absolute atomic E-state index is 6.90. The highest BCUT2D eigenvalue weighted by Crippen LogP contribution is 2.26. The summed E-state index contributed by atoms with van der Waals surface area (Å²) in [4.78, 5) is 0. The van der Waals surface area contributed by atoms with Gasteiger partial charge in [-0.25, -0.2) is 0 Å². The van der Waals surface area contributed by atoms with Gasteiger partial charge in [0.25, 0.3) is 0 Å². The molecule has 0 amide bonds. The van der Waals surface area contributed by atoms with Crippen molar-refractivity contribution in [1.82, 2.24) is 0 Å². The first-order chi connectivity index (χ1) is 13.3. The lowest BCUT2D eigenvalue weighted by Gasteiger charge is -2.33. The third-order valence-corrected chi connectivity index (χ3v) is 8.92. The van der Waals surface area contributed by atoms with Gasteiger partial charge in [-0.3, -0.25) is 0 Å². The van der Waals surface area contributed by atoms with E-state index < -0.39 is 8.32 Å². The van der Waals surface area contributed by atoms with Crippen molar-refractivity contribution in [2.24, 2.45) is 0 Å². The number of benzene rings is 4. The third kappa shape index (κ3) is 3.42. The molecule has 3 heteroatoms. The fourth-order valence-electron chi connectivity index (χ4n) is 3.39. The summed E-state index contributed by atoms with van der Waals surface area (Å²) in [5.74, 6) is 0.711. The van der Waals surface area contributed by atoms with Gasteiger partial charge < -0.3 is 4.43 Å². The van der Waals surface area contributed by atoms with Crippen LogP contribution in [0.3, 0.4) is 0 Å². The van der Waals surface area contributed by atoms with E-state index in [1.165, 1.54) is 15.6 Å². The summed E-state index contributed by atoms with van der Waals surface area (Å²) < 4.78 is 6.90. The van der Waals surface area contributed by atoms with Crippen LogP contribution >= 0.6 is 11.6 Å². The highest BCUT2D eigenvalue weighted by atomic mass is 35.5. The second-order valence-corrected chi connectivity index (χ2v) is 10.0. The van der Waals surface area contributed by atoms with Gasteiger partial charge in [-0.05, 0) is 27.7 Å². The van der Waals surface area contributed by atoms with Crippen LogP contribution < -0.4 is 20.0 Å². The molecule has 0 aliphatic carbocycles. The lowest BCUT2D eigenvalue weighted by molar-refractivity contribution is 0.577. The molecule has 0 atom stereocenters. The Morgan fingerprint density at radius 3 is 1.26 bits per heavy atom. The first-order valence-electron chi connectivity index (χ1n) is 8.91. The summed E-state index contributed by atoms with van der Waals surface area (Å²) in [5, 5.41) is 4.17. The molecule has 0 unspecified atom stereocenters. The van der Waals surface area contributed by atoms with E-state index >= 15 is 0 Å². The van der Waals surface area contributed by atoms with E-state index in [1.807, 2.05) is 42.5 Å². The second kappa shape index (κ2) is 7.83. The van der Waals surface area contributed by atoms with Gasteiger partial charge in [0.15, 0.2) is 0 Å². The van der Waals surface area contributed by atoms with Crippen molar-refractivity contribution in [2.75, 3.05) is 0 Å². The van der Waals surface area contributed by atoms with E-state index in [9.17, 15) is 0 Å². The highest BCUT2D eigenvalue weighted by molar-refractivity contribution is 7.07. The maximum atomic E-state index is 6.90. The molecule has 132 valence electrons. The Hall–Kier alpha value is -2.81. The molecule has 0 aliphatic rings. The van der Waals surface area contributed by atoms with Crippen LogP contribution in [0.5, 0.6) is 5.75 Å². The van der Waals surface area contributed by atoms with Gasteiger partial charge in [-0.2, -0.15) is 0 Å². The predicted molar refractivity (Wildman–Crippen MR) is 116 cm³/mol. The summed E-state index contributed by atoms with van der Waals surface area (Å²) in [5.41, 5.74) is 0. The molecule has 0 fully saturated rings. The largest absolute Gasteiger partial charge is 0.529 e. The van der Waals surface area contributed by atoms with Crippen molar-refractivity contribution in [3.05, 3.63) is 120 Å². The number of hydrogen-bond acceptors (Lipinski definition) is 1. The average Bonchev–Trinajstić information content (AvgIpc) is 2.75. The molecule has 0 saturated heterocycles. The minimum Gasteiger partial charge on any atom is -0.529 e. The van der Waals surface area contributed by atoms with Gasteiger partial charge in [0.2, 0.25) is 0 Å². The molecule has 0 bridgehead atoms. The minimum atomic E-state index is -2.78. The zero-order valence-electron chi connectivity index (χ0n) is 14.8. The molecule has 4 rings (SSSR count). The Kier molecular flexibility index (Phi) is 5.10. The van der Waals surface area contributed by atoms with E-state index in [0.717, 1.165) is 0 Å². The molecule has 4 aromatic rings. The van der Waals surface area contributed by atoms with Gasteiger partial charge >= 0.3 is 8.32 Å². The fraction of sp³-hybridized carbons (Fsp3) is 0. The summed E-state index contributed by atoms with van der Waals surface area (Å²) in [7, 11) is -2.78. The van der Waals surface area contributed by atoms with Crippen LogP contribution in [0, 0.1) is 0 Å². The monoisotopic (exact) mass is 386 g/mol. The van der Waals surface area contributed by atoms with Gasteiger partial charge in [-0.1, -0.05) is 115 Å². The van der Waals surface area contributed by atoms with E-state index in [1.54, 1.807) is 0 Å². The third-order valence-electron chi connectivity index (χ3n) is 4.64. The zero-order valence-corrected chi connectivity index (χ0v) is 16.5. The van der Waals surface area contributed by atoms with E-state index in [0.29, 0.717) is 10.8 Å². The molecule has 27 heavy (non-hydrogen) atoms. The molecule has 0 spiro atoms. The van der Waals surface area contributed by atoms with Crippen LogP contribution in [0.4, 0.5) is 0 Å². The van der Waals surface area contributed by atoms with Crippen molar-refractivity contribution in [3.63, 3.8) is 0 Å². The molecule has 0 aromatic heterocycles. The lowest BCUT2D eigenvalue weighted by atomic mass is 10.3. The number of para-hydroxylation sites is 1. The number of rotatable bonds is 5. The first-order valence-corrected chi connectivity index (χ1v) is 11.2. The summed E-state index contributed by atoms with van der Waals surface area (Å²) in [6.07, 6.45) is 0. The Bertz CT molecular complexity index is 907. The average molecular weight is 387 g/mol. The minimum absolute atomic E-state index is 0.622. The predicted octanol–water partition coefficient (Wildman–Crippen LogP) is 4.39.